The topological polar surface area (TPSA) is 33.7 Å². The lowest BCUT2D eigenvalue weighted by Crippen LogP contribution is -2.42. The quantitative estimate of drug-likeness (QED) is 0.782. The molecule has 2 fully saturated rings. The van der Waals surface area contributed by atoms with Gasteiger partial charge in [0, 0.05) is 17.1 Å². The van der Waals surface area contributed by atoms with E-state index in [1.54, 1.807) is 14.2 Å². The minimum atomic E-state index is 0.709. The third-order valence-electron chi connectivity index (χ3n) is 4.93. The van der Waals surface area contributed by atoms with Crippen LogP contribution in [0.5, 0.6) is 11.5 Å². The molecule has 1 N–H and O–H groups in total. The van der Waals surface area contributed by atoms with Crippen molar-refractivity contribution in [2.75, 3.05) is 33.9 Å². The Hall–Kier alpha value is -0.780. The Morgan fingerprint density at radius 2 is 1.74 bits per heavy atom. The zero-order chi connectivity index (χ0) is 16.2. The molecule has 1 aromatic carbocycles. The third kappa shape index (κ3) is 4.61. The van der Waals surface area contributed by atoms with Crippen molar-refractivity contribution >= 4 is 15.9 Å². The molecule has 23 heavy (non-hydrogen) atoms. The van der Waals surface area contributed by atoms with E-state index >= 15 is 0 Å². The van der Waals surface area contributed by atoms with Crippen LogP contribution >= 0.6 is 15.9 Å². The summed E-state index contributed by atoms with van der Waals surface area (Å²) in [5, 5.41) is 3.74. The predicted molar refractivity (Wildman–Crippen MR) is 96.3 cm³/mol. The van der Waals surface area contributed by atoms with E-state index in [1.165, 1.54) is 37.8 Å². The van der Waals surface area contributed by atoms with Gasteiger partial charge in [-0.25, -0.2) is 0 Å². The number of ether oxygens (including phenoxy) is 2. The number of hydrogen-bond donors (Lipinski definition) is 1. The van der Waals surface area contributed by atoms with Crippen LogP contribution < -0.4 is 14.8 Å². The molecule has 5 heteroatoms. The summed E-state index contributed by atoms with van der Waals surface area (Å²) in [4.78, 5) is 2.53. The second-order valence-corrected chi connectivity index (χ2v) is 7.55. The fourth-order valence-corrected chi connectivity index (χ4v) is 3.66. The van der Waals surface area contributed by atoms with Gasteiger partial charge in [-0.1, -0.05) is 15.9 Å². The van der Waals surface area contributed by atoms with Crippen molar-refractivity contribution < 1.29 is 9.47 Å². The second kappa shape index (κ2) is 7.86. The molecule has 1 aromatic rings. The minimum absolute atomic E-state index is 0.709. The van der Waals surface area contributed by atoms with E-state index in [0.29, 0.717) is 6.04 Å². The average Bonchev–Trinajstić information content (AvgIpc) is 3.40. The predicted octanol–water partition coefficient (Wildman–Crippen LogP) is 3.43. The van der Waals surface area contributed by atoms with E-state index < -0.39 is 0 Å². The number of benzene rings is 1. The normalized spacial score (nSPS) is 19.8. The maximum atomic E-state index is 5.42. The van der Waals surface area contributed by atoms with Gasteiger partial charge in [0.2, 0.25) is 0 Å². The fraction of sp³-hybridized carbons (Fsp3) is 0.667. The molecule has 4 nitrogen and oxygen atoms in total. The first-order chi connectivity index (χ1) is 11.2. The summed E-state index contributed by atoms with van der Waals surface area (Å²) in [6.45, 7) is 4.49. The lowest BCUT2D eigenvalue weighted by Gasteiger charge is -2.32. The molecule has 1 aliphatic carbocycles. The van der Waals surface area contributed by atoms with Gasteiger partial charge in [-0.3, -0.25) is 4.90 Å². The average molecular weight is 383 g/mol. The monoisotopic (exact) mass is 382 g/mol. The molecular formula is C18H27BrN2O2. The Bertz CT molecular complexity index is 526. The molecule has 2 aliphatic rings. The Morgan fingerprint density at radius 1 is 1.09 bits per heavy atom. The van der Waals surface area contributed by atoms with E-state index in [2.05, 4.69) is 32.2 Å². The van der Waals surface area contributed by atoms with Crippen LogP contribution in [-0.4, -0.2) is 44.8 Å². The second-order valence-electron chi connectivity index (χ2n) is 6.70. The Morgan fingerprint density at radius 3 is 2.35 bits per heavy atom. The Kier molecular flexibility index (Phi) is 5.83. The van der Waals surface area contributed by atoms with E-state index in [-0.39, 0.29) is 0 Å². The molecule has 1 saturated carbocycles. The highest BCUT2D eigenvalue weighted by Gasteiger charge is 2.24. The molecule has 0 unspecified atom stereocenters. The third-order valence-corrected chi connectivity index (χ3v) is 5.66. The van der Waals surface area contributed by atoms with Crippen LogP contribution in [0.3, 0.4) is 0 Å². The van der Waals surface area contributed by atoms with Gasteiger partial charge >= 0.3 is 0 Å². The molecule has 1 heterocycles. The molecule has 0 atom stereocenters. The van der Waals surface area contributed by atoms with E-state index in [0.717, 1.165) is 41.5 Å². The van der Waals surface area contributed by atoms with Gasteiger partial charge in [0.25, 0.3) is 0 Å². The highest BCUT2D eigenvalue weighted by molar-refractivity contribution is 9.10. The van der Waals surface area contributed by atoms with Crippen molar-refractivity contribution in [2.24, 2.45) is 5.92 Å². The Labute approximate surface area is 147 Å². The summed E-state index contributed by atoms with van der Waals surface area (Å²) in [6, 6.07) is 4.79. The van der Waals surface area contributed by atoms with Gasteiger partial charge in [0.05, 0.1) is 14.2 Å². The number of methoxy groups -OCH3 is 2. The van der Waals surface area contributed by atoms with Crippen molar-refractivity contribution in [3.63, 3.8) is 0 Å². The Balaban J connectivity index is 1.53. The van der Waals surface area contributed by atoms with Crippen LogP contribution in [0.4, 0.5) is 0 Å². The van der Waals surface area contributed by atoms with Gasteiger partial charge in [-0.15, -0.1) is 0 Å². The molecule has 0 radical (unpaired) electrons. The molecule has 1 aliphatic heterocycles. The highest BCUT2D eigenvalue weighted by atomic mass is 79.9. The molecule has 0 bridgehead atoms. The van der Waals surface area contributed by atoms with E-state index in [1.807, 2.05) is 6.07 Å². The summed E-state index contributed by atoms with van der Waals surface area (Å²) in [5.74, 6) is 2.54. The molecule has 128 valence electrons. The first-order valence-electron chi connectivity index (χ1n) is 8.55. The molecular weight excluding hydrogens is 356 g/mol. The number of hydrogen-bond acceptors (Lipinski definition) is 4. The largest absolute Gasteiger partial charge is 0.493 e. The zero-order valence-electron chi connectivity index (χ0n) is 14.1. The first-order valence-corrected chi connectivity index (χ1v) is 9.35. The lowest BCUT2D eigenvalue weighted by atomic mass is 10.0. The van der Waals surface area contributed by atoms with Gasteiger partial charge in [0.15, 0.2) is 11.5 Å². The van der Waals surface area contributed by atoms with Gasteiger partial charge < -0.3 is 14.8 Å². The van der Waals surface area contributed by atoms with E-state index in [9.17, 15) is 0 Å². The summed E-state index contributed by atoms with van der Waals surface area (Å²) in [7, 11) is 3.36. The van der Waals surface area contributed by atoms with Crippen molar-refractivity contribution in [2.45, 2.75) is 38.3 Å². The van der Waals surface area contributed by atoms with Crippen LogP contribution in [-0.2, 0) is 6.54 Å². The number of likely N-dealkylation sites (tertiary alicyclic amines) is 1. The van der Waals surface area contributed by atoms with Crippen LogP contribution in [0, 0.1) is 5.92 Å². The molecule has 0 amide bonds. The minimum Gasteiger partial charge on any atom is -0.493 e. The highest BCUT2D eigenvalue weighted by Crippen LogP contribution is 2.34. The van der Waals surface area contributed by atoms with Gasteiger partial charge in [-0.2, -0.15) is 0 Å². The van der Waals surface area contributed by atoms with Gasteiger partial charge in [-0.05, 0) is 68.9 Å². The lowest BCUT2D eigenvalue weighted by molar-refractivity contribution is 0.189. The SMILES string of the molecule is COc1cc(Br)c(CN2CCC(NCC3CC3)CC2)cc1OC. The smallest absolute Gasteiger partial charge is 0.161 e. The number of nitrogens with zero attached hydrogens (tertiary/aromatic N) is 1. The number of nitrogens with one attached hydrogen (secondary N) is 1. The summed E-state index contributed by atoms with van der Waals surface area (Å²) < 4.78 is 11.9. The van der Waals surface area contributed by atoms with Crippen LogP contribution in [0.2, 0.25) is 0 Å². The van der Waals surface area contributed by atoms with Crippen molar-refractivity contribution in [1.29, 1.82) is 0 Å². The summed E-state index contributed by atoms with van der Waals surface area (Å²) >= 11 is 3.66. The van der Waals surface area contributed by atoms with Crippen molar-refractivity contribution in [3.8, 4) is 11.5 Å². The number of piperidine rings is 1. The summed E-state index contributed by atoms with van der Waals surface area (Å²) in [5.41, 5.74) is 1.26. The van der Waals surface area contributed by atoms with E-state index in [4.69, 9.17) is 9.47 Å². The van der Waals surface area contributed by atoms with Crippen LogP contribution in [0.25, 0.3) is 0 Å². The molecule has 0 aromatic heterocycles. The summed E-state index contributed by atoms with van der Waals surface area (Å²) in [6.07, 6.45) is 5.35. The number of halogens is 1. The zero-order valence-corrected chi connectivity index (χ0v) is 15.7. The fourth-order valence-electron chi connectivity index (χ4n) is 3.21. The maximum Gasteiger partial charge on any atom is 0.161 e. The van der Waals surface area contributed by atoms with Crippen LogP contribution in [0.1, 0.15) is 31.2 Å². The molecule has 0 spiro atoms. The standard InChI is InChI=1S/C18H27BrN2O2/c1-22-17-9-14(16(19)10-18(17)23-2)12-21-7-5-15(6-8-21)20-11-13-3-4-13/h9-10,13,15,20H,3-8,11-12H2,1-2H3. The van der Waals surface area contributed by atoms with Crippen molar-refractivity contribution in [1.82, 2.24) is 10.2 Å². The van der Waals surface area contributed by atoms with Crippen LogP contribution in [0.15, 0.2) is 16.6 Å². The molecule has 1 saturated heterocycles. The first kappa shape index (κ1) is 17.1. The number of rotatable bonds is 7. The van der Waals surface area contributed by atoms with Crippen molar-refractivity contribution in [3.05, 3.63) is 22.2 Å². The molecule has 3 rings (SSSR count). The van der Waals surface area contributed by atoms with Gasteiger partial charge in [0.1, 0.15) is 0 Å². The maximum absolute atomic E-state index is 5.42.